The molecule has 1 aromatic carbocycles. The predicted octanol–water partition coefficient (Wildman–Crippen LogP) is 3.29. The van der Waals surface area contributed by atoms with Gasteiger partial charge in [-0.05, 0) is 37.0 Å². The summed E-state index contributed by atoms with van der Waals surface area (Å²) >= 11 is 6.11. The zero-order chi connectivity index (χ0) is 17.6. The lowest BCUT2D eigenvalue weighted by Crippen LogP contribution is -2.46. The van der Waals surface area contributed by atoms with Crippen molar-refractivity contribution in [1.29, 1.82) is 0 Å². The standard InChI is InChI=1S/C19H21ClN2O3/c20-17-4-2-1-3-14(17)5-6-18(23)21-16-7-10-22(11-8-16)19(24)15-9-12-25-13-15/h1-4,9,12-13,16H,5-8,10-11H2,(H,21,23). The molecule has 1 fully saturated rings. The summed E-state index contributed by atoms with van der Waals surface area (Å²) < 4.78 is 4.96. The summed E-state index contributed by atoms with van der Waals surface area (Å²) in [5, 5.41) is 3.76. The fourth-order valence-corrected chi connectivity index (χ4v) is 3.28. The second kappa shape index (κ2) is 8.21. The minimum atomic E-state index is -0.0164. The Kier molecular flexibility index (Phi) is 5.76. The summed E-state index contributed by atoms with van der Waals surface area (Å²) in [5.74, 6) is 0.0109. The van der Waals surface area contributed by atoms with Crippen LogP contribution in [0.4, 0.5) is 0 Å². The number of furan rings is 1. The number of hydrogen-bond donors (Lipinski definition) is 1. The Morgan fingerprint density at radius 1 is 1.20 bits per heavy atom. The van der Waals surface area contributed by atoms with Crippen LogP contribution < -0.4 is 5.32 Å². The number of rotatable bonds is 5. The Bertz CT molecular complexity index is 722. The van der Waals surface area contributed by atoms with Crippen LogP contribution in [0.1, 0.15) is 35.2 Å². The molecule has 1 saturated heterocycles. The van der Waals surface area contributed by atoms with E-state index >= 15 is 0 Å². The number of halogens is 1. The first-order valence-corrected chi connectivity index (χ1v) is 8.85. The summed E-state index contributed by atoms with van der Waals surface area (Å²) in [6.45, 7) is 1.28. The molecule has 1 aromatic heterocycles. The first kappa shape index (κ1) is 17.5. The number of likely N-dealkylation sites (tertiary alicyclic amines) is 1. The quantitative estimate of drug-likeness (QED) is 0.890. The average Bonchev–Trinajstić information content (AvgIpc) is 3.16. The van der Waals surface area contributed by atoms with Crippen molar-refractivity contribution in [3.63, 3.8) is 0 Å². The van der Waals surface area contributed by atoms with E-state index < -0.39 is 0 Å². The molecule has 0 unspecified atom stereocenters. The zero-order valence-electron chi connectivity index (χ0n) is 13.9. The highest BCUT2D eigenvalue weighted by Gasteiger charge is 2.25. The lowest BCUT2D eigenvalue weighted by Gasteiger charge is -2.32. The summed E-state index contributed by atoms with van der Waals surface area (Å²) in [6, 6.07) is 9.37. The number of piperidine rings is 1. The van der Waals surface area contributed by atoms with Crippen LogP contribution in [0.15, 0.2) is 47.3 Å². The SMILES string of the molecule is O=C(CCc1ccccc1Cl)NC1CCN(C(=O)c2ccoc2)CC1. The fourth-order valence-electron chi connectivity index (χ4n) is 3.04. The number of nitrogens with one attached hydrogen (secondary N) is 1. The molecule has 0 saturated carbocycles. The maximum Gasteiger partial charge on any atom is 0.257 e. The van der Waals surface area contributed by atoms with Gasteiger partial charge in [-0.2, -0.15) is 0 Å². The van der Waals surface area contributed by atoms with Gasteiger partial charge in [0.25, 0.3) is 5.91 Å². The maximum atomic E-state index is 12.2. The number of nitrogens with zero attached hydrogens (tertiary/aromatic N) is 1. The first-order valence-electron chi connectivity index (χ1n) is 8.48. The second-order valence-corrected chi connectivity index (χ2v) is 6.64. The Morgan fingerprint density at radius 3 is 2.64 bits per heavy atom. The van der Waals surface area contributed by atoms with Crippen LogP contribution in [0.3, 0.4) is 0 Å². The smallest absolute Gasteiger partial charge is 0.257 e. The van der Waals surface area contributed by atoms with E-state index in [0.717, 1.165) is 18.4 Å². The lowest BCUT2D eigenvalue weighted by molar-refractivity contribution is -0.122. The van der Waals surface area contributed by atoms with E-state index in [-0.39, 0.29) is 17.9 Å². The van der Waals surface area contributed by atoms with Gasteiger partial charge < -0.3 is 14.6 Å². The molecule has 1 aliphatic heterocycles. The molecule has 0 radical (unpaired) electrons. The minimum absolute atomic E-state index is 0.0164. The molecule has 2 aromatic rings. The monoisotopic (exact) mass is 360 g/mol. The largest absolute Gasteiger partial charge is 0.472 e. The van der Waals surface area contributed by atoms with Crippen LogP contribution in [-0.4, -0.2) is 35.8 Å². The number of carbonyl (C=O) groups is 2. The molecule has 0 atom stereocenters. The third-order valence-electron chi connectivity index (χ3n) is 4.49. The van der Waals surface area contributed by atoms with Gasteiger partial charge in [-0.15, -0.1) is 0 Å². The highest BCUT2D eigenvalue weighted by Crippen LogP contribution is 2.17. The van der Waals surface area contributed by atoms with Gasteiger partial charge in [0.1, 0.15) is 6.26 Å². The van der Waals surface area contributed by atoms with Gasteiger partial charge in [0.15, 0.2) is 0 Å². The van der Waals surface area contributed by atoms with E-state index in [1.807, 2.05) is 24.3 Å². The van der Waals surface area contributed by atoms with E-state index in [9.17, 15) is 9.59 Å². The Labute approximate surface area is 151 Å². The number of hydrogen-bond acceptors (Lipinski definition) is 3. The molecule has 0 aliphatic carbocycles. The molecule has 2 heterocycles. The minimum Gasteiger partial charge on any atom is -0.472 e. The number of carbonyl (C=O) groups excluding carboxylic acids is 2. The first-order chi connectivity index (χ1) is 12.1. The molecule has 3 rings (SSSR count). The Morgan fingerprint density at radius 2 is 1.96 bits per heavy atom. The van der Waals surface area contributed by atoms with E-state index in [1.54, 1.807) is 11.0 Å². The van der Waals surface area contributed by atoms with E-state index in [4.69, 9.17) is 16.0 Å². The molecule has 0 bridgehead atoms. The normalized spacial score (nSPS) is 15.2. The number of benzene rings is 1. The summed E-state index contributed by atoms with van der Waals surface area (Å²) in [4.78, 5) is 26.2. The average molecular weight is 361 g/mol. The maximum absolute atomic E-state index is 12.2. The van der Waals surface area contributed by atoms with Gasteiger partial charge in [0.2, 0.25) is 5.91 Å². The summed E-state index contributed by atoms with van der Waals surface area (Å²) in [5.41, 5.74) is 1.56. The highest BCUT2D eigenvalue weighted by atomic mass is 35.5. The third-order valence-corrected chi connectivity index (χ3v) is 4.86. The van der Waals surface area contributed by atoms with Crippen molar-refractivity contribution >= 4 is 23.4 Å². The molecule has 5 nitrogen and oxygen atoms in total. The highest BCUT2D eigenvalue weighted by molar-refractivity contribution is 6.31. The van der Waals surface area contributed by atoms with Crippen molar-refractivity contribution in [2.45, 2.75) is 31.7 Å². The van der Waals surface area contributed by atoms with Crippen molar-refractivity contribution in [3.05, 3.63) is 59.0 Å². The van der Waals surface area contributed by atoms with Crippen LogP contribution in [0, 0.1) is 0 Å². The topological polar surface area (TPSA) is 62.6 Å². The number of amides is 2. The van der Waals surface area contributed by atoms with E-state index in [0.29, 0.717) is 36.5 Å². The Balaban J connectivity index is 1.42. The van der Waals surface area contributed by atoms with Gasteiger partial charge in [-0.1, -0.05) is 29.8 Å². The second-order valence-electron chi connectivity index (χ2n) is 6.24. The van der Waals surface area contributed by atoms with Crippen molar-refractivity contribution in [3.8, 4) is 0 Å². The summed E-state index contributed by atoms with van der Waals surface area (Å²) in [6.07, 6.45) is 5.54. The van der Waals surface area contributed by atoms with Crippen molar-refractivity contribution in [1.82, 2.24) is 10.2 Å². The molecule has 1 N–H and O–H groups in total. The van der Waals surface area contributed by atoms with Crippen molar-refractivity contribution < 1.29 is 14.0 Å². The zero-order valence-corrected chi connectivity index (χ0v) is 14.7. The molecule has 25 heavy (non-hydrogen) atoms. The van der Waals surface area contributed by atoms with Crippen molar-refractivity contribution in [2.75, 3.05) is 13.1 Å². The van der Waals surface area contributed by atoms with Gasteiger partial charge in [0, 0.05) is 30.6 Å². The molecular formula is C19H21ClN2O3. The van der Waals surface area contributed by atoms with Crippen LogP contribution in [0.5, 0.6) is 0 Å². The van der Waals surface area contributed by atoms with Gasteiger partial charge in [-0.3, -0.25) is 9.59 Å². The van der Waals surface area contributed by atoms with Crippen molar-refractivity contribution in [2.24, 2.45) is 0 Å². The molecule has 132 valence electrons. The van der Waals surface area contributed by atoms with Crippen LogP contribution in [-0.2, 0) is 11.2 Å². The van der Waals surface area contributed by atoms with Crippen LogP contribution >= 0.6 is 11.6 Å². The van der Waals surface area contributed by atoms with Gasteiger partial charge in [0.05, 0.1) is 11.8 Å². The molecule has 6 heteroatoms. The van der Waals surface area contributed by atoms with Crippen LogP contribution in [0.25, 0.3) is 0 Å². The molecular weight excluding hydrogens is 340 g/mol. The van der Waals surface area contributed by atoms with E-state index in [2.05, 4.69) is 5.32 Å². The lowest BCUT2D eigenvalue weighted by atomic mass is 10.0. The van der Waals surface area contributed by atoms with E-state index in [1.165, 1.54) is 12.5 Å². The molecule has 0 spiro atoms. The molecule has 1 aliphatic rings. The van der Waals surface area contributed by atoms with Gasteiger partial charge >= 0.3 is 0 Å². The summed E-state index contributed by atoms with van der Waals surface area (Å²) in [7, 11) is 0. The number of aryl methyl sites for hydroxylation is 1. The molecule has 2 amide bonds. The predicted molar refractivity (Wildman–Crippen MR) is 95.5 cm³/mol. The third kappa shape index (κ3) is 4.63. The van der Waals surface area contributed by atoms with Crippen LogP contribution in [0.2, 0.25) is 5.02 Å². The fraction of sp³-hybridized carbons (Fsp3) is 0.368. The Hall–Kier alpha value is -2.27. The van der Waals surface area contributed by atoms with Gasteiger partial charge in [-0.25, -0.2) is 0 Å².